The first-order valence-corrected chi connectivity index (χ1v) is 9.83. The first-order chi connectivity index (χ1) is 14.6. The summed E-state index contributed by atoms with van der Waals surface area (Å²) in [6.45, 7) is 9.73. The number of hydrogen-bond donors (Lipinski definition) is 0. The van der Waals surface area contributed by atoms with Crippen molar-refractivity contribution in [3.05, 3.63) is 117 Å². The van der Waals surface area contributed by atoms with Gasteiger partial charge in [0, 0.05) is 11.5 Å². The number of hydrogen-bond acceptors (Lipinski definition) is 3. The topological polar surface area (TPSA) is 39.4 Å². The first-order valence-electron chi connectivity index (χ1n) is 9.83. The monoisotopic (exact) mass is 392 g/mol. The van der Waals surface area contributed by atoms with Crippen molar-refractivity contribution in [2.24, 2.45) is 0 Å². The van der Waals surface area contributed by atoms with Crippen molar-refractivity contribution in [3.63, 3.8) is 0 Å². The van der Waals surface area contributed by atoms with Crippen LogP contribution in [0.2, 0.25) is 0 Å². The van der Waals surface area contributed by atoms with E-state index in [1.807, 2.05) is 31.2 Å². The van der Waals surface area contributed by atoms with Crippen molar-refractivity contribution in [2.75, 3.05) is 0 Å². The van der Waals surface area contributed by atoms with Crippen LogP contribution in [0.5, 0.6) is 11.5 Å². The van der Waals surface area contributed by atoms with Crippen molar-refractivity contribution >= 4 is 23.4 Å². The molecule has 0 radical (unpaired) electrons. The summed E-state index contributed by atoms with van der Waals surface area (Å²) < 4.78 is 11.9. The molecule has 146 valence electrons. The van der Waals surface area contributed by atoms with E-state index in [-0.39, 0.29) is 11.3 Å². The third kappa shape index (κ3) is 2.71. The quantitative estimate of drug-likeness (QED) is 0.435. The van der Waals surface area contributed by atoms with E-state index < -0.39 is 5.63 Å². The first kappa shape index (κ1) is 18.2. The second-order valence-corrected chi connectivity index (χ2v) is 7.52. The van der Waals surface area contributed by atoms with Gasteiger partial charge in [0.25, 0.3) is 0 Å². The average molecular weight is 392 g/mol. The highest BCUT2D eigenvalue weighted by molar-refractivity contribution is 5.90. The summed E-state index contributed by atoms with van der Waals surface area (Å²) >= 11 is 0. The second kappa shape index (κ2) is 6.89. The summed E-state index contributed by atoms with van der Waals surface area (Å²) in [5.41, 5.74) is 3.47. The summed E-state index contributed by atoms with van der Waals surface area (Å²) in [5, 5.41) is 2.78. The number of fused-ring (bicyclic) bond motifs is 4. The van der Waals surface area contributed by atoms with Crippen LogP contribution in [0.3, 0.4) is 0 Å². The van der Waals surface area contributed by atoms with Crippen molar-refractivity contribution < 1.29 is 9.15 Å². The van der Waals surface area contributed by atoms with E-state index in [1.54, 1.807) is 12.2 Å². The van der Waals surface area contributed by atoms with E-state index in [4.69, 9.17) is 9.15 Å². The van der Waals surface area contributed by atoms with E-state index in [0.717, 1.165) is 33.2 Å². The van der Waals surface area contributed by atoms with Gasteiger partial charge in [-0.15, -0.1) is 0 Å². The Hall–Kier alpha value is -3.85. The normalized spacial score (nSPS) is 15.4. The Kier molecular flexibility index (Phi) is 4.18. The molecule has 0 saturated heterocycles. The van der Waals surface area contributed by atoms with E-state index in [0.29, 0.717) is 16.5 Å². The third-order valence-corrected chi connectivity index (χ3v) is 5.64. The highest BCUT2D eigenvalue weighted by Crippen LogP contribution is 2.47. The lowest BCUT2D eigenvalue weighted by Crippen LogP contribution is -2.35. The molecule has 0 fully saturated rings. The summed E-state index contributed by atoms with van der Waals surface area (Å²) in [4.78, 5) is 13.1. The molecule has 3 aromatic carbocycles. The minimum Gasteiger partial charge on any atom is -0.456 e. The van der Waals surface area contributed by atoms with E-state index in [9.17, 15) is 4.79 Å². The third-order valence-electron chi connectivity index (χ3n) is 5.64. The van der Waals surface area contributed by atoms with Gasteiger partial charge in [-0.1, -0.05) is 79.4 Å². The molecule has 1 atom stereocenters. The van der Waals surface area contributed by atoms with Crippen LogP contribution in [-0.4, -0.2) is 0 Å². The zero-order valence-corrected chi connectivity index (χ0v) is 16.6. The molecule has 30 heavy (non-hydrogen) atoms. The molecule has 1 aromatic heterocycles. The number of benzene rings is 3. The van der Waals surface area contributed by atoms with Crippen molar-refractivity contribution in [1.29, 1.82) is 0 Å². The molecule has 4 aromatic rings. The van der Waals surface area contributed by atoms with Crippen LogP contribution < -0.4 is 21.0 Å². The Morgan fingerprint density at radius 1 is 0.967 bits per heavy atom. The molecule has 0 amide bonds. The van der Waals surface area contributed by atoms with Crippen LogP contribution >= 0.6 is 0 Å². The summed E-state index contributed by atoms with van der Waals surface area (Å²) in [5.74, 6) is 0.907. The average Bonchev–Trinajstić information content (AvgIpc) is 2.75. The Morgan fingerprint density at radius 2 is 1.73 bits per heavy atom. The molecule has 0 spiro atoms. The largest absolute Gasteiger partial charge is 0.456 e. The minimum absolute atomic E-state index is 0.269. The number of ether oxygens (including phenoxy) is 1. The van der Waals surface area contributed by atoms with Gasteiger partial charge in [-0.25, -0.2) is 4.79 Å². The predicted octanol–water partition coefficient (Wildman–Crippen LogP) is 4.76. The summed E-state index contributed by atoms with van der Waals surface area (Å²) in [6.07, 6.45) is 3.41. The Labute approximate surface area is 173 Å². The highest BCUT2D eigenvalue weighted by Gasteiger charge is 2.34. The standard InChI is InChI=1S/C27H20O3/c1-4-7-20-17(3)29-27(28)25-23(19-12-10-16(2)11-13-19)24-21-9-6-5-8-18(21)14-15-22(24)30-26(20)25/h4-15,23H,1,3H2,2H3/b20-7+. The van der Waals surface area contributed by atoms with Gasteiger partial charge >= 0.3 is 5.63 Å². The minimum atomic E-state index is -0.430. The lowest BCUT2D eigenvalue weighted by Gasteiger charge is -2.29. The number of rotatable bonds is 2. The molecule has 0 bridgehead atoms. The Morgan fingerprint density at radius 3 is 2.50 bits per heavy atom. The van der Waals surface area contributed by atoms with E-state index in [1.165, 1.54) is 0 Å². The van der Waals surface area contributed by atoms with E-state index in [2.05, 4.69) is 49.6 Å². The van der Waals surface area contributed by atoms with Crippen LogP contribution in [0, 0.1) is 6.92 Å². The van der Waals surface area contributed by atoms with Crippen LogP contribution in [0.15, 0.2) is 82.5 Å². The zero-order chi connectivity index (χ0) is 20.8. The Bertz CT molecular complexity index is 1470. The summed E-state index contributed by atoms with van der Waals surface area (Å²) in [6, 6.07) is 20.4. The smallest absolute Gasteiger partial charge is 0.344 e. The molecular weight excluding hydrogens is 372 g/mol. The van der Waals surface area contributed by atoms with Gasteiger partial charge in [0.2, 0.25) is 0 Å². The maximum atomic E-state index is 13.1. The zero-order valence-electron chi connectivity index (χ0n) is 16.6. The van der Waals surface area contributed by atoms with Gasteiger partial charge in [0.1, 0.15) is 16.9 Å². The lowest BCUT2D eigenvalue weighted by molar-refractivity contribution is 0.404. The van der Waals surface area contributed by atoms with Crippen LogP contribution in [0.25, 0.3) is 23.4 Å². The van der Waals surface area contributed by atoms with Gasteiger partial charge in [0.15, 0.2) is 0 Å². The maximum Gasteiger partial charge on any atom is 0.344 e. The lowest BCUT2D eigenvalue weighted by atomic mass is 9.80. The van der Waals surface area contributed by atoms with Gasteiger partial charge in [0.05, 0.1) is 10.8 Å². The number of allylic oxidation sites excluding steroid dienone is 1. The molecule has 2 heterocycles. The maximum absolute atomic E-state index is 13.1. The van der Waals surface area contributed by atoms with Gasteiger partial charge in [-0.3, -0.25) is 0 Å². The van der Waals surface area contributed by atoms with Crippen molar-refractivity contribution in [1.82, 2.24) is 0 Å². The molecule has 3 heteroatoms. The Balaban J connectivity index is 1.95. The van der Waals surface area contributed by atoms with Gasteiger partial charge in [-0.2, -0.15) is 0 Å². The molecule has 0 aliphatic carbocycles. The molecule has 1 aliphatic heterocycles. The second-order valence-electron chi connectivity index (χ2n) is 7.52. The molecule has 0 N–H and O–H groups in total. The highest BCUT2D eigenvalue weighted by atomic mass is 16.5. The molecular formula is C27H20O3. The SMILES string of the molecule is C=C/C=c1/c2c(c(=O)oc1=C)C(c1ccc(C)cc1)c1c(ccc3ccccc13)O2. The van der Waals surface area contributed by atoms with Crippen molar-refractivity contribution in [2.45, 2.75) is 12.8 Å². The number of aryl methyl sites for hydroxylation is 1. The fraction of sp³-hybridized carbons (Fsp3) is 0.0741. The van der Waals surface area contributed by atoms with Crippen LogP contribution in [-0.2, 0) is 0 Å². The van der Waals surface area contributed by atoms with Gasteiger partial charge < -0.3 is 9.15 Å². The molecule has 1 aliphatic rings. The molecule has 1 unspecified atom stereocenters. The fourth-order valence-electron chi connectivity index (χ4n) is 4.24. The van der Waals surface area contributed by atoms with E-state index >= 15 is 0 Å². The molecule has 3 nitrogen and oxygen atoms in total. The molecule has 5 rings (SSSR count). The fourth-order valence-corrected chi connectivity index (χ4v) is 4.24. The van der Waals surface area contributed by atoms with Crippen molar-refractivity contribution in [3.8, 4) is 11.5 Å². The van der Waals surface area contributed by atoms with Gasteiger partial charge in [-0.05, 0) is 35.4 Å². The van der Waals surface area contributed by atoms with Crippen LogP contribution in [0.1, 0.15) is 28.2 Å². The molecule has 0 saturated carbocycles. The van der Waals surface area contributed by atoms with Crippen LogP contribution in [0.4, 0.5) is 0 Å². The predicted molar refractivity (Wildman–Crippen MR) is 121 cm³/mol. The summed E-state index contributed by atoms with van der Waals surface area (Å²) in [7, 11) is 0.